The van der Waals surface area contributed by atoms with Crippen LogP contribution in [0, 0.1) is 5.82 Å². The van der Waals surface area contributed by atoms with E-state index in [1.54, 1.807) is 12.1 Å². The standard InChI is InChI=1S/C17H16F4N2.2C4H4O4/c18-13-2-1-3-15(10-13)23(16-8-9-22-11-16)14-6-4-12(5-7-14)17(19,20)21;2*5-3(6)1-2-4(7)8/h1-7,10,16,22H,8-9,11H2;2*1-2H,(H,5,6)(H,7,8)/b;2*2-1+/t16-;;/m0../s1. The van der Waals surface area contributed by atoms with E-state index >= 15 is 0 Å². The molecule has 0 amide bonds. The number of aliphatic carboxylic acids is 4. The summed E-state index contributed by atoms with van der Waals surface area (Å²) in [5.74, 6) is -5.40. The number of hydrogen-bond acceptors (Lipinski definition) is 6. The van der Waals surface area contributed by atoms with Crippen LogP contribution in [0.3, 0.4) is 0 Å². The molecule has 0 aliphatic carbocycles. The summed E-state index contributed by atoms with van der Waals surface area (Å²) in [5, 5.41) is 34.5. The van der Waals surface area contributed by atoms with Crippen molar-refractivity contribution in [1.29, 1.82) is 0 Å². The summed E-state index contributed by atoms with van der Waals surface area (Å²) in [6.45, 7) is 1.54. The van der Waals surface area contributed by atoms with Crippen LogP contribution in [0.15, 0.2) is 72.8 Å². The average Bonchev–Trinajstić information content (AvgIpc) is 3.37. The monoisotopic (exact) mass is 556 g/mol. The second-order valence-electron chi connectivity index (χ2n) is 7.56. The lowest BCUT2D eigenvalue weighted by atomic mass is 10.1. The largest absolute Gasteiger partial charge is 0.478 e. The first kappa shape index (κ1) is 32.3. The van der Waals surface area contributed by atoms with E-state index in [-0.39, 0.29) is 11.9 Å². The van der Waals surface area contributed by atoms with Crippen LogP contribution in [0.2, 0.25) is 0 Å². The molecule has 14 heteroatoms. The first-order valence-electron chi connectivity index (χ1n) is 10.9. The second kappa shape index (κ2) is 15.5. The highest BCUT2D eigenvalue weighted by Crippen LogP contribution is 2.34. The number of carboxylic acids is 4. The molecule has 1 aliphatic rings. The molecule has 3 rings (SSSR count). The SMILES string of the molecule is Fc1cccc(N(c2ccc(C(F)(F)F)cc2)[C@H]2CCNC2)c1.O=C(O)/C=C/C(=O)O.O=C(O)/C=C/C(=O)O. The summed E-state index contributed by atoms with van der Waals surface area (Å²) in [6.07, 6.45) is -1.29. The van der Waals surface area contributed by atoms with Crippen molar-refractivity contribution in [3.05, 3.63) is 84.2 Å². The molecule has 39 heavy (non-hydrogen) atoms. The van der Waals surface area contributed by atoms with Crippen molar-refractivity contribution in [1.82, 2.24) is 5.32 Å². The second-order valence-corrected chi connectivity index (χ2v) is 7.56. The van der Waals surface area contributed by atoms with Crippen molar-refractivity contribution in [2.24, 2.45) is 0 Å². The van der Waals surface area contributed by atoms with E-state index in [1.807, 2.05) is 4.90 Å². The fraction of sp³-hybridized carbons (Fsp3) is 0.200. The van der Waals surface area contributed by atoms with E-state index in [0.29, 0.717) is 42.2 Å². The molecule has 5 N–H and O–H groups in total. The summed E-state index contributed by atoms with van der Waals surface area (Å²) < 4.78 is 51.7. The van der Waals surface area contributed by atoms with Crippen molar-refractivity contribution in [2.45, 2.75) is 18.6 Å². The number of carbonyl (C=O) groups is 4. The number of hydrogen-bond donors (Lipinski definition) is 5. The lowest BCUT2D eigenvalue weighted by molar-refractivity contribution is -0.137. The molecule has 0 radical (unpaired) electrons. The molecule has 1 saturated heterocycles. The van der Waals surface area contributed by atoms with E-state index in [2.05, 4.69) is 5.32 Å². The van der Waals surface area contributed by atoms with Gasteiger partial charge < -0.3 is 30.6 Å². The fourth-order valence-corrected chi connectivity index (χ4v) is 3.15. The van der Waals surface area contributed by atoms with Gasteiger partial charge in [0.2, 0.25) is 0 Å². The van der Waals surface area contributed by atoms with E-state index in [1.165, 1.54) is 24.3 Å². The maximum absolute atomic E-state index is 13.6. The summed E-state index contributed by atoms with van der Waals surface area (Å²) in [7, 11) is 0. The number of halogens is 4. The minimum absolute atomic E-state index is 0.0773. The van der Waals surface area contributed by atoms with Gasteiger partial charge >= 0.3 is 30.1 Å². The molecule has 0 bridgehead atoms. The van der Waals surface area contributed by atoms with Gasteiger partial charge in [0.05, 0.1) is 5.56 Å². The van der Waals surface area contributed by atoms with Gasteiger partial charge in [0.25, 0.3) is 0 Å². The maximum atomic E-state index is 13.6. The molecule has 0 aromatic heterocycles. The van der Waals surface area contributed by atoms with Gasteiger partial charge in [-0.25, -0.2) is 23.6 Å². The van der Waals surface area contributed by atoms with E-state index in [4.69, 9.17) is 20.4 Å². The minimum Gasteiger partial charge on any atom is -0.478 e. The molecule has 1 heterocycles. The molecule has 0 saturated carbocycles. The van der Waals surface area contributed by atoms with Crippen LogP contribution in [0.5, 0.6) is 0 Å². The zero-order valence-corrected chi connectivity index (χ0v) is 20.0. The smallest absolute Gasteiger partial charge is 0.416 e. The van der Waals surface area contributed by atoms with Gasteiger partial charge in [-0.15, -0.1) is 0 Å². The van der Waals surface area contributed by atoms with Crippen molar-refractivity contribution in [3.63, 3.8) is 0 Å². The van der Waals surface area contributed by atoms with Gasteiger partial charge in [0, 0.05) is 48.3 Å². The van der Waals surface area contributed by atoms with Crippen molar-refractivity contribution in [2.75, 3.05) is 18.0 Å². The third-order valence-corrected chi connectivity index (χ3v) is 4.70. The highest BCUT2D eigenvalue weighted by Gasteiger charge is 2.31. The molecule has 1 aliphatic heterocycles. The van der Waals surface area contributed by atoms with E-state index in [0.717, 1.165) is 25.1 Å². The van der Waals surface area contributed by atoms with Crippen LogP contribution in [0.1, 0.15) is 12.0 Å². The van der Waals surface area contributed by atoms with Crippen LogP contribution in [-0.2, 0) is 25.4 Å². The Kier molecular flexibility index (Phi) is 12.9. The summed E-state index contributed by atoms with van der Waals surface area (Å²) >= 11 is 0. The first-order valence-corrected chi connectivity index (χ1v) is 10.9. The predicted molar refractivity (Wildman–Crippen MR) is 130 cm³/mol. The Morgan fingerprint density at radius 2 is 1.28 bits per heavy atom. The zero-order chi connectivity index (χ0) is 29.6. The van der Waals surface area contributed by atoms with Crippen molar-refractivity contribution < 1.29 is 57.2 Å². The van der Waals surface area contributed by atoms with Crippen LogP contribution in [0.4, 0.5) is 28.9 Å². The highest BCUT2D eigenvalue weighted by atomic mass is 19.4. The van der Waals surface area contributed by atoms with Crippen LogP contribution >= 0.6 is 0 Å². The van der Waals surface area contributed by atoms with Gasteiger partial charge in [-0.2, -0.15) is 13.2 Å². The first-order chi connectivity index (χ1) is 18.2. The molecule has 2 aromatic rings. The molecular weight excluding hydrogens is 532 g/mol. The Bertz CT molecular complexity index is 1130. The molecule has 10 nitrogen and oxygen atoms in total. The van der Waals surface area contributed by atoms with Gasteiger partial charge in [-0.1, -0.05) is 6.07 Å². The van der Waals surface area contributed by atoms with Gasteiger partial charge in [0.15, 0.2) is 0 Å². The number of alkyl halides is 3. The Labute approximate surface area is 219 Å². The molecule has 210 valence electrons. The molecule has 1 atom stereocenters. The van der Waals surface area contributed by atoms with Crippen molar-refractivity contribution >= 4 is 35.3 Å². The predicted octanol–water partition coefficient (Wildman–Crippen LogP) is 3.77. The Morgan fingerprint density at radius 3 is 1.64 bits per heavy atom. The number of nitrogens with one attached hydrogen (secondary N) is 1. The molecule has 0 unspecified atom stereocenters. The third-order valence-electron chi connectivity index (χ3n) is 4.70. The van der Waals surface area contributed by atoms with E-state index < -0.39 is 35.6 Å². The lowest BCUT2D eigenvalue weighted by Gasteiger charge is -2.31. The number of benzene rings is 2. The average molecular weight is 556 g/mol. The molecule has 2 aromatic carbocycles. The Balaban J connectivity index is 0.000000393. The zero-order valence-electron chi connectivity index (χ0n) is 20.0. The summed E-state index contributed by atoms with van der Waals surface area (Å²) in [4.78, 5) is 40.1. The fourth-order valence-electron chi connectivity index (χ4n) is 3.15. The van der Waals surface area contributed by atoms with Crippen LogP contribution in [0.25, 0.3) is 0 Å². The van der Waals surface area contributed by atoms with Crippen LogP contribution < -0.4 is 10.2 Å². The highest BCUT2D eigenvalue weighted by molar-refractivity contribution is 5.90. The number of nitrogens with zero attached hydrogens (tertiary/aromatic N) is 1. The van der Waals surface area contributed by atoms with Gasteiger partial charge in [-0.05, 0) is 55.4 Å². The summed E-state index contributed by atoms with van der Waals surface area (Å²) in [6, 6.07) is 11.2. The van der Waals surface area contributed by atoms with Gasteiger partial charge in [0.1, 0.15) is 5.82 Å². The molecule has 1 fully saturated rings. The quantitative estimate of drug-likeness (QED) is 0.250. The third kappa shape index (κ3) is 12.9. The normalized spacial score (nSPS) is 14.6. The van der Waals surface area contributed by atoms with E-state index in [9.17, 15) is 36.7 Å². The summed E-state index contributed by atoms with van der Waals surface area (Å²) in [5.41, 5.74) is 0.570. The maximum Gasteiger partial charge on any atom is 0.416 e. The Morgan fingerprint density at radius 1 is 0.795 bits per heavy atom. The minimum atomic E-state index is -4.36. The number of anilines is 2. The Hall–Kier alpha value is -4.72. The van der Waals surface area contributed by atoms with Gasteiger partial charge in [-0.3, -0.25) is 0 Å². The molecular formula is C25H24F4N2O8. The lowest BCUT2D eigenvalue weighted by Crippen LogP contribution is -2.33. The number of rotatable bonds is 7. The molecule has 0 spiro atoms. The number of carboxylic acid groups (broad SMARTS) is 4. The topological polar surface area (TPSA) is 164 Å². The van der Waals surface area contributed by atoms with Crippen molar-refractivity contribution in [3.8, 4) is 0 Å². The van der Waals surface area contributed by atoms with Crippen LogP contribution in [-0.4, -0.2) is 63.4 Å².